The minimum atomic E-state index is -3.71. The van der Waals surface area contributed by atoms with Gasteiger partial charge in [0.25, 0.3) is 0 Å². The fourth-order valence-corrected chi connectivity index (χ4v) is 4.93. The fraction of sp³-hybridized carbons (Fsp3) is 0.381. The number of benzene rings is 2. The molecule has 0 saturated carbocycles. The monoisotopic (exact) mass is 402 g/mol. The van der Waals surface area contributed by atoms with Gasteiger partial charge in [-0.25, -0.2) is 8.42 Å². The highest BCUT2D eigenvalue weighted by Crippen LogP contribution is 2.25. The number of rotatable bonds is 7. The predicted octanol–water partition coefficient (Wildman–Crippen LogP) is 2.73. The minimum Gasteiger partial charge on any atom is -0.492 e. The van der Waals surface area contributed by atoms with Gasteiger partial charge in [0.2, 0.25) is 15.9 Å². The second kappa shape index (κ2) is 9.21. The molecule has 1 fully saturated rings. The van der Waals surface area contributed by atoms with E-state index in [0.29, 0.717) is 26.1 Å². The quantitative estimate of drug-likeness (QED) is 0.723. The highest BCUT2D eigenvalue weighted by atomic mass is 32.2. The van der Waals surface area contributed by atoms with Crippen LogP contribution in [0.4, 0.5) is 0 Å². The summed E-state index contributed by atoms with van der Waals surface area (Å²) in [7, 11) is -3.71. The number of ether oxygens (including phenoxy) is 1. The number of hydrogen-bond acceptors (Lipinski definition) is 4. The summed E-state index contributed by atoms with van der Waals surface area (Å²) < 4.78 is 33.0. The minimum absolute atomic E-state index is 0.227. The number of hydrogen-bond donors (Lipinski definition) is 1. The molecule has 0 radical (unpaired) electrons. The van der Waals surface area contributed by atoms with Crippen LogP contribution < -0.4 is 10.1 Å². The van der Waals surface area contributed by atoms with Gasteiger partial charge in [0.1, 0.15) is 18.4 Å². The van der Waals surface area contributed by atoms with Gasteiger partial charge in [0.15, 0.2) is 0 Å². The van der Waals surface area contributed by atoms with E-state index >= 15 is 0 Å². The molecule has 28 heavy (non-hydrogen) atoms. The molecule has 0 spiro atoms. The van der Waals surface area contributed by atoms with Crippen molar-refractivity contribution < 1.29 is 17.9 Å². The molecule has 150 valence electrons. The third kappa shape index (κ3) is 4.91. The number of sulfonamides is 1. The van der Waals surface area contributed by atoms with E-state index in [0.717, 1.165) is 24.2 Å². The topological polar surface area (TPSA) is 75.7 Å². The van der Waals surface area contributed by atoms with Crippen LogP contribution in [0.25, 0.3) is 0 Å². The number of nitrogens with zero attached hydrogens (tertiary/aromatic N) is 1. The van der Waals surface area contributed by atoms with Crippen LogP contribution >= 0.6 is 0 Å². The molecule has 0 bridgehead atoms. The number of amides is 1. The summed E-state index contributed by atoms with van der Waals surface area (Å²) in [6.07, 6.45) is 2.11. The van der Waals surface area contributed by atoms with Crippen LogP contribution in [-0.4, -0.2) is 44.4 Å². The molecule has 3 rings (SSSR count). The zero-order chi connectivity index (χ0) is 20.0. The van der Waals surface area contributed by atoms with Crippen molar-refractivity contribution in [2.75, 3.05) is 19.7 Å². The Kier molecular flexibility index (Phi) is 6.70. The van der Waals surface area contributed by atoms with Gasteiger partial charge in [-0.3, -0.25) is 4.79 Å². The van der Waals surface area contributed by atoms with Crippen molar-refractivity contribution >= 4 is 15.9 Å². The smallest absolute Gasteiger partial charge is 0.243 e. The van der Waals surface area contributed by atoms with Crippen LogP contribution in [0.15, 0.2) is 59.5 Å². The molecular formula is C21H26N2O4S. The highest BCUT2D eigenvalue weighted by Gasteiger charge is 2.37. The van der Waals surface area contributed by atoms with Gasteiger partial charge in [-0.1, -0.05) is 42.3 Å². The SMILES string of the molecule is Cc1ccc(S(=O)(=O)N2CCCC[C@@H]2C(=O)NCCOc2ccccc2)cc1. The maximum atomic E-state index is 13.0. The van der Waals surface area contributed by atoms with Crippen molar-refractivity contribution in [3.8, 4) is 5.75 Å². The van der Waals surface area contributed by atoms with Crippen LogP contribution in [0.1, 0.15) is 24.8 Å². The second-order valence-corrected chi connectivity index (χ2v) is 8.78. The van der Waals surface area contributed by atoms with Crippen molar-refractivity contribution in [2.24, 2.45) is 0 Å². The maximum absolute atomic E-state index is 13.0. The molecule has 2 aromatic rings. The first kappa shape index (κ1) is 20.4. The van der Waals surface area contributed by atoms with Crippen LogP contribution in [0, 0.1) is 6.92 Å². The van der Waals surface area contributed by atoms with Crippen LogP contribution in [-0.2, 0) is 14.8 Å². The number of para-hydroxylation sites is 1. The third-order valence-corrected chi connectivity index (χ3v) is 6.72. The summed E-state index contributed by atoms with van der Waals surface area (Å²) in [5, 5.41) is 2.82. The Bertz CT molecular complexity index is 882. The Morgan fingerprint density at radius 1 is 1.11 bits per heavy atom. The molecule has 1 atom stereocenters. The zero-order valence-corrected chi connectivity index (χ0v) is 16.8. The Morgan fingerprint density at radius 3 is 2.54 bits per heavy atom. The van der Waals surface area contributed by atoms with Crippen molar-refractivity contribution in [2.45, 2.75) is 37.1 Å². The molecule has 1 N–H and O–H groups in total. The van der Waals surface area contributed by atoms with Gasteiger partial charge in [0.05, 0.1) is 11.4 Å². The number of carbonyl (C=O) groups excluding carboxylic acids is 1. The molecule has 6 nitrogen and oxygen atoms in total. The molecule has 1 aliphatic heterocycles. The molecule has 1 aliphatic rings. The highest BCUT2D eigenvalue weighted by molar-refractivity contribution is 7.89. The lowest BCUT2D eigenvalue weighted by Gasteiger charge is -2.33. The summed E-state index contributed by atoms with van der Waals surface area (Å²) in [5.74, 6) is 0.463. The van der Waals surface area contributed by atoms with Crippen LogP contribution in [0.3, 0.4) is 0 Å². The second-order valence-electron chi connectivity index (χ2n) is 6.89. The van der Waals surface area contributed by atoms with Crippen molar-refractivity contribution in [1.29, 1.82) is 0 Å². The molecule has 7 heteroatoms. The largest absolute Gasteiger partial charge is 0.492 e. The molecule has 0 aromatic heterocycles. The van der Waals surface area contributed by atoms with E-state index < -0.39 is 16.1 Å². The van der Waals surface area contributed by atoms with Gasteiger partial charge in [0, 0.05) is 6.54 Å². The number of nitrogens with one attached hydrogen (secondary N) is 1. The molecule has 1 saturated heterocycles. The van der Waals surface area contributed by atoms with Gasteiger partial charge in [-0.2, -0.15) is 4.31 Å². The number of piperidine rings is 1. The lowest BCUT2D eigenvalue weighted by molar-refractivity contribution is -0.125. The van der Waals surface area contributed by atoms with Gasteiger partial charge in [-0.15, -0.1) is 0 Å². The zero-order valence-electron chi connectivity index (χ0n) is 16.0. The normalized spacial score (nSPS) is 17.8. The van der Waals surface area contributed by atoms with Crippen molar-refractivity contribution in [3.05, 3.63) is 60.2 Å². The third-order valence-electron chi connectivity index (χ3n) is 4.80. The standard InChI is InChI=1S/C21H26N2O4S/c1-17-10-12-19(13-11-17)28(25,26)23-15-6-5-9-20(23)21(24)22-14-16-27-18-7-3-2-4-8-18/h2-4,7-8,10-13,20H,5-6,9,14-16H2,1H3,(H,22,24)/t20-/m1/s1. The summed E-state index contributed by atoms with van der Waals surface area (Å²) >= 11 is 0. The first-order chi connectivity index (χ1) is 13.5. The first-order valence-electron chi connectivity index (χ1n) is 9.52. The van der Waals surface area contributed by atoms with E-state index in [-0.39, 0.29) is 10.8 Å². The number of carbonyl (C=O) groups is 1. The average Bonchev–Trinajstić information content (AvgIpc) is 2.72. The lowest BCUT2D eigenvalue weighted by Crippen LogP contribution is -2.52. The summed E-state index contributed by atoms with van der Waals surface area (Å²) in [5.41, 5.74) is 0.991. The summed E-state index contributed by atoms with van der Waals surface area (Å²) in [6, 6.07) is 15.4. The molecular weight excluding hydrogens is 376 g/mol. The van der Waals surface area contributed by atoms with Gasteiger partial charge in [-0.05, 0) is 44.0 Å². The van der Waals surface area contributed by atoms with Crippen molar-refractivity contribution in [3.63, 3.8) is 0 Å². The maximum Gasteiger partial charge on any atom is 0.243 e. The van der Waals surface area contributed by atoms with E-state index in [9.17, 15) is 13.2 Å². The molecule has 0 unspecified atom stereocenters. The molecule has 2 aromatic carbocycles. The molecule has 0 aliphatic carbocycles. The van der Waals surface area contributed by atoms with E-state index in [4.69, 9.17) is 4.74 Å². The Balaban J connectivity index is 1.62. The fourth-order valence-electron chi connectivity index (χ4n) is 3.28. The Hall–Kier alpha value is -2.38. The lowest BCUT2D eigenvalue weighted by atomic mass is 10.0. The van der Waals surface area contributed by atoms with E-state index in [1.54, 1.807) is 24.3 Å². The summed E-state index contributed by atoms with van der Waals surface area (Å²) in [4.78, 5) is 12.9. The Morgan fingerprint density at radius 2 is 1.82 bits per heavy atom. The van der Waals surface area contributed by atoms with E-state index in [2.05, 4.69) is 5.32 Å². The molecule has 1 amide bonds. The van der Waals surface area contributed by atoms with Gasteiger partial charge < -0.3 is 10.1 Å². The molecule has 1 heterocycles. The van der Waals surface area contributed by atoms with Crippen LogP contribution in [0.5, 0.6) is 5.75 Å². The predicted molar refractivity (Wildman–Crippen MR) is 108 cm³/mol. The Labute approximate surface area is 166 Å². The number of aryl methyl sites for hydroxylation is 1. The van der Waals surface area contributed by atoms with E-state index in [1.165, 1.54) is 4.31 Å². The summed E-state index contributed by atoms with van der Waals surface area (Å²) in [6.45, 7) is 2.91. The average molecular weight is 403 g/mol. The first-order valence-corrected chi connectivity index (χ1v) is 11.0. The van der Waals surface area contributed by atoms with Gasteiger partial charge >= 0.3 is 0 Å². The van der Waals surface area contributed by atoms with Crippen LogP contribution in [0.2, 0.25) is 0 Å². The van der Waals surface area contributed by atoms with Crippen molar-refractivity contribution in [1.82, 2.24) is 9.62 Å². The van der Waals surface area contributed by atoms with E-state index in [1.807, 2.05) is 37.3 Å².